The first-order valence-corrected chi connectivity index (χ1v) is 5.87. The maximum absolute atomic E-state index is 11.3. The van der Waals surface area contributed by atoms with E-state index in [0.717, 1.165) is 0 Å². The van der Waals surface area contributed by atoms with Crippen molar-refractivity contribution in [3.05, 3.63) is 35.9 Å². The summed E-state index contributed by atoms with van der Waals surface area (Å²) in [6, 6.07) is 8.73. The molecule has 1 aromatic carbocycles. The first-order valence-electron chi connectivity index (χ1n) is 5.87. The van der Waals surface area contributed by atoms with Crippen molar-refractivity contribution in [2.24, 2.45) is 0 Å². The van der Waals surface area contributed by atoms with Gasteiger partial charge in [-0.15, -0.1) is 0 Å². The van der Waals surface area contributed by atoms with Crippen LogP contribution >= 0.6 is 0 Å². The monoisotopic (exact) mass is 316 g/mol. The molecular formula is C13H16O9. The molecule has 9 heteroatoms. The van der Waals surface area contributed by atoms with Crippen molar-refractivity contribution in [1.82, 2.24) is 0 Å². The van der Waals surface area contributed by atoms with E-state index in [9.17, 15) is 14.4 Å². The summed E-state index contributed by atoms with van der Waals surface area (Å²) in [7, 11) is 0. The van der Waals surface area contributed by atoms with Crippen LogP contribution in [0.4, 0.5) is 9.59 Å². The van der Waals surface area contributed by atoms with Gasteiger partial charge in [-0.25, -0.2) is 24.2 Å². The Hall–Kier alpha value is -2.81. The van der Waals surface area contributed by atoms with Gasteiger partial charge in [0.1, 0.15) is 5.60 Å². The second-order valence-electron chi connectivity index (χ2n) is 4.63. The SMILES string of the molecule is CC(C)(C)OOC(=O)c1ccccc1.O=C(O)OOC(=O)O. The van der Waals surface area contributed by atoms with Gasteiger partial charge in [0, 0.05) is 0 Å². The molecule has 2 N–H and O–H groups in total. The number of rotatable bonds is 2. The first-order chi connectivity index (χ1) is 10.1. The summed E-state index contributed by atoms with van der Waals surface area (Å²) in [5.74, 6) is -0.472. The average Bonchev–Trinajstić information content (AvgIpc) is 2.43. The average molecular weight is 316 g/mol. The topological polar surface area (TPSA) is 129 Å². The minimum absolute atomic E-state index is 0.472. The van der Waals surface area contributed by atoms with E-state index in [2.05, 4.69) is 14.7 Å². The molecule has 0 amide bonds. The summed E-state index contributed by atoms with van der Waals surface area (Å²) in [6.07, 6.45) is -3.60. The number of hydrogen-bond donors (Lipinski definition) is 2. The molecule has 0 spiro atoms. The van der Waals surface area contributed by atoms with E-state index >= 15 is 0 Å². The van der Waals surface area contributed by atoms with E-state index in [1.54, 1.807) is 24.3 Å². The molecule has 0 unspecified atom stereocenters. The summed E-state index contributed by atoms with van der Waals surface area (Å²) in [5.41, 5.74) is 0.00140. The maximum atomic E-state index is 11.3. The molecule has 0 aliphatic carbocycles. The van der Waals surface area contributed by atoms with Gasteiger partial charge in [0.15, 0.2) is 0 Å². The van der Waals surface area contributed by atoms with Crippen LogP contribution in [0.3, 0.4) is 0 Å². The normalized spacial score (nSPS) is 9.77. The zero-order valence-electron chi connectivity index (χ0n) is 12.1. The second-order valence-corrected chi connectivity index (χ2v) is 4.63. The number of carbonyl (C=O) groups excluding carboxylic acids is 1. The van der Waals surface area contributed by atoms with Crippen molar-refractivity contribution in [2.45, 2.75) is 26.4 Å². The molecule has 0 saturated carbocycles. The van der Waals surface area contributed by atoms with Gasteiger partial charge in [-0.3, -0.25) is 4.89 Å². The van der Waals surface area contributed by atoms with Crippen LogP contribution in [0.1, 0.15) is 31.1 Å². The highest BCUT2D eigenvalue weighted by Gasteiger charge is 2.16. The van der Waals surface area contributed by atoms with Crippen molar-refractivity contribution in [3.63, 3.8) is 0 Å². The lowest BCUT2D eigenvalue weighted by Crippen LogP contribution is -2.21. The van der Waals surface area contributed by atoms with Crippen molar-refractivity contribution >= 4 is 18.3 Å². The van der Waals surface area contributed by atoms with E-state index < -0.39 is 23.9 Å². The lowest BCUT2D eigenvalue weighted by molar-refractivity contribution is -0.301. The van der Waals surface area contributed by atoms with Gasteiger partial charge in [0.25, 0.3) is 0 Å². The fraction of sp³-hybridized carbons (Fsp3) is 0.308. The molecule has 0 radical (unpaired) electrons. The molecule has 9 nitrogen and oxygen atoms in total. The Morgan fingerprint density at radius 1 is 0.864 bits per heavy atom. The van der Waals surface area contributed by atoms with Crippen molar-refractivity contribution in [1.29, 1.82) is 0 Å². The Kier molecular flexibility index (Phi) is 8.01. The summed E-state index contributed by atoms with van der Waals surface area (Å²) < 4.78 is 0. The molecule has 0 aliphatic rings. The number of benzene rings is 1. The molecule has 1 rings (SSSR count). The summed E-state index contributed by atoms with van der Waals surface area (Å²) >= 11 is 0. The van der Waals surface area contributed by atoms with Crippen molar-refractivity contribution < 1.29 is 44.1 Å². The van der Waals surface area contributed by atoms with Crippen LogP contribution in [-0.4, -0.2) is 34.1 Å². The predicted molar refractivity (Wildman–Crippen MR) is 70.9 cm³/mol. The molecule has 0 bridgehead atoms. The van der Waals surface area contributed by atoms with Gasteiger partial charge in [-0.2, -0.15) is 4.89 Å². The van der Waals surface area contributed by atoms with Gasteiger partial charge in [-0.1, -0.05) is 18.2 Å². The van der Waals surface area contributed by atoms with Crippen LogP contribution in [-0.2, 0) is 19.6 Å². The highest BCUT2D eigenvalue weighted by molar-refractivity contribution is 5.88. The molecule has 1 aromatic rings. The van der Waals surface area contributed by atoms with E-state index in [-0.39, 0.29) is 0 Å². The lowest BCUT2D eigenvalue weighted by Gasteiger charge is -2.16. The number of hydrogen-bond acceptors (Lipinski definition) is 7. The molecular weight excluding hydrogens is 300 g/mol. The molecule has 122 valence electrons. The zero-order chi connectivity index (χ0) is 17.2. The Labute approximate surface area is 125 Å². The summed E-state index contributed by atoms with van der Waals surface area (Å²) in [6.45, 7) is 5.43. The van der Waals surface area contributed by atoms with Crippen LogP contribution in [0.25, 0.3) is 0 Å². The van der Waals surface area contributed by atoms with Crippen LogP contribution in [0.15, 0.2) is 30.3 Å². The van der Waals surface area contributed by atoms with Gasteiger partial charge in [0.2, 0.25) is 0 Å². The highest BCUT2D eigenvalue weighted by Crippen LogP contribution is 2.09. The molecule has 0 heterocycles. The summed E-state index contributed by atoms with van der Waals surface area (Å²) in [5, 5.41) is 15.1. The molecule has 0 saturated heterocycles. The van der Waals surface area contributed by atoms with Crippen molar-refractivity contribution in [3.8, 4) is 0 Å². The Morgan fingerprint density at radius 2 is 1.32 bits per heavy atom. The van der Waals surface area contributed by atoms with Gasteiger partial charge < -0.3 is 10.2 Å². The fourth-order valence-corrected chi connectivity index (χ4v) is 0.856. The molecule has 22 heavy (non-hydrogen) atoms. The van der Waals surface area contributed by atoms with E-state index in [0.29, 0.717) is 5.56 Å². The van der Waals surface area contributed by atoms with Crippen molar-refractivity contribution in [2.75, 3.05) is 0 Å². The molecule has 0 atom stereocenters. The third-order valence-electron chi connectivity index (χ3n) is 1.56. The largest absolute Gasteiger partial charge is 0.547 e. The van der Waals surface area contributed by atoms with E-state index in [1.165, 1.54) is 0 Å². The standard InChI is InChI=1S/C11H14O3.C2H2O6/c1-11(2,3)14-13-10(12)9-7-5-4-6-8-9;3-1(4)7-8-2(5)6/h4-8H,1-3H3;(H,3,4)(H,5,6). The first kappa shape index (κ1) is 19.2. The minimum atomic E-state index is -1.80. The predicted octanol–water partition coefficient (Wildman–Crippen LogP) is 2.86. The Morgan fingerprint density at radius 3 is 1.68 bits per heavy atom. The minimum Gasteiger partial charge on any atom is -0.447 e. The summed E-state index contributed by atoms with van der Waals surface area (Å²) in [4.78, 5) is 45.7. The van der Waals surface area contributed by atoms with Gasteiger partial charge >= 0.3 is 18.3 Å². The smallest absolute Gasteiger partial charge is 0.447 e. The van der Waals surface area contributed by atoms with E-state index in [1.807, 2.05) is 26.8 Å². The van der Waals surface area contributed by atoms with Crippen LogP contribution in [0.5, 0.6) is 0 Å². The number of carboxylic acid groups (broad SMARTS) is 2. The quantitative estimate of drug-likeness (QED) is 0.624. The fourth-order valence-electron chi connectivity index (χ4n) is 0.856. The molecule has 0 fully saturated rings. The van der Waals surface area contributed by atoms with Crippen LogP contribution in [0.2, 0.25) is 0 Å². The lowest BCUT2D eigenvalue weighted by atomic mass is 10.2. The third kappa shape index (κ3) is 11.1. The number of carbonyl (C=O) groups is 3. The molecule has 0 aliphatic heterocycles. The third-order valence-corrected chi connectivity index (χ3v) is 1.56. The van der Waals surface area contributed by atoms with Gasteiger partial charge in [0.05, 0.1) is 5.56 Å². The van der Waals surface area contributed by atoms with Gasteiger partial charge in [-0.05, 0) is 32.9 Å². The maximum Gasteiger partial charge on any atom is 0.547 e. The highest BCUT2D eigenvalue weighted by atomic mass is 17.2. The second kappa shape index (κ2) is 9.19. The molecule has 0 aromatic heterocycles. The Balaban J connectivity index is 0.000000472. The van der Waals surface area contributed by atoms with Crippen LogP contribution in [0, 0.1) is 0 Å². The zero-order valence-corrected chi connectivity index (χ0v) is 12.1. The van der Waals surface area contributed by atoms with Crippen LogP contribution < -0.4 is 0 Å². The van der Waals surface area contributed by atoms with E-state index in [4.69, 9.17) is 15.1 Å². The Bertz CT molecular complexity index is 476.